The molecule has 0 unspecified atom stereocenters. The molecule has 0 saturated heterocycles. The van der Waals surface area contributed by atoms with Crippen LogP contribution in [0.15, 0.2) is 47.0 Å². The number of halogens is 1. The highest BCUT2D eigenvalue weighted by Gasteiger charge is 2.23. The second kappa shape index (κ2) is 8.74. The molecule has 2 aliphatic rings. The van der Waals surface area contributed by atoms with E-state index in [1.165, 1.54) is 12.8 Å². The van der Waals surface area contributed by atoms with Gasteiger partial charge in [0.15, 0.2) is 17.1 Å². The molecular formula is C24H24ClN3O4. The van der Waals surface area contributed by atoms with Crippen molar-refractivity contribution in [3.05, 3.63) is 59.1 Å². The van der Waals surface area contributed by atoms with Crippen molar-refractivity contribution in [3.63, 3.8) is 0 Å². The summed E-state index contributed by atoms with van der Waals surface area (Å²) in [4.78, 5) is 18.5. The van der Waals surface area contributed by atoms with E-state index >= 15 is 0 Å². The monoisotopic (exact) mass is 453 g/mol. The van der Waals surface area contributed by atoms with Crippen molar-refractivity contribution in [2.75, 3.05) is 13.7 Å². The van der Waals surface area contributed by atoms with Gasteiger partial charge in [0.2, 0.25) is 5.89 Å². The number of carbonyl (C=O) groups excluding carboxylic acids is 1. The first-order valence-electron chi connectivity index (χ1n) is 10.7. The molecular weight excluding hydrogens is 430 g/mol. The maximum atomic E-state index is 12.5. The van der Waals surface area contributed by atoms with E-state index in [0.717, 1.165) is 29.7 Å². The molecule has 1 aliphatic heterocycles. The summed E-state index contributed by atoms with van der Waals surface area (Å²) < 4.78 is 17.5. The largest absolute Gasteiger partial charge is 0.493 e. The van der Waals surface area contributed by atoms with Crippen molar-refractivity contribution >= 4 is 34.3 Å². The van der Waals surface area contributed by atoms with Gasteiger partial charge < -0.3 is 19.2 Å². The van der Waals surface area contributed by atoms with Crippen LogP contribution in [0, 0.1) is 0 Å². The first-order valence-corrected chi connectivity index (χ1v) is 11.1. The van der Waals surface area contributed by atoms with Crippen LogP contribution in [0.25, 0.3) is 16.7 Å². The fourth-order valence-corrected chi connectivity index (χ4v) is 4.33. The number of rotatable bonds is 6. The van der Waals surface area contributed by atoms with Crippen molar-refractivity contribution in [2.24, 2.45) is 0 Å². The lowest BCUT2D eigenvalue weighted by Crippen LogP contribution is -2.41. The molecule has 2 heterocycles. The zero-order valence-electron chi connectivity index (χ0n) is 17.8. The Labute approximate surface area is 190 Å². The predicted molar refractivity (Wildman–Crippen MR) is 122 cm³/mol. The van der Waals surface area contributed by atoms with Crippen LogP contribution in [-0.2, 0) is 6.54 Å². The highest BCUT2D eigenvalue weighted by Crippen LogP contribution is 2.34. The van der Waals surface area contributed by atoms with Gasteiger partial charge in [0, 0.05) is 23.8 Å². The molecule has 1 saturated carbocycles. The lowest BCUT2D eigenvalue weighted by atomic mass is 10.0. The molecule has 3 aromatic rings. The zero-order chi connectivity index (χ0) is 22.1. The van der Waals surface area contributed by atoms with Crippen LogP contribution in [-0.4, -0.2) is 35.7 Å². The maximum absolute atomic E-state index is 12.5. The van der Waals surface area contributed by atoms with E-state index in [9.17, 15) is 4.79 Å². The number of methoxy groups -OCH3 is 1. The molecule has 0 spiro atoms. The Balaban J connectivity index is 1.40. The smallest absolute Gasteiger partial charge is 0.322 e. The summed E-state index contributed by atoms with van der Waals surface area (Å²) in [5.41, 5.74) is 3.23. The number of ether oxygens (including phenoxy) is 2. The maximum Gasteiger partial charge on any atom is 0.322 e. The average Bonchev–Trinajstić information content (AvgIpc) is 3.44. The molecule has 0 bridgehead atoms. The average molecular weight is 454 g/mol. The number of hydrogen-bond acceptors (Lipinski definition) is 5. The Hall–Kier alpha value is -3.19. The summed E-state index contributed by atoms with van der Waals surface area (Å²) in [6.07, 6.45) is 6.58. The Morgan fingerprint density at radius 3 is 2.84 bits per heavy atom. The topological polar surface area (TPSA) is 76.8 Å². The quantitative estimate of drug-likeness (QED) is 0.542. The fraction of sp³-hybridized carbons (Fsp3) is 0.333. The van der Waals surface area contributed by atoms with Crippen LogP contribution in [0.2, 0.25) is 5.02 Å². The van der Waals surface area contributed by atoms with Crippen molar-refractivity contribution in [2.45, 2.75) is 38.3 Å². The van der Waals surface area contributed by atoms with E-state index < -0.39 is 0 Å². The lowest BCUT2D eigenvalue weighted by Gasteiger charge is -2.25. The van der Waals surface area contributed by atoms with Crippen molar-refractivity contribution < 1.29 is 18.7 Å². The Morgan fingerprint density at radius 2 is 2.03 bits per heavy atom. The summed E-state index contributed by atoms with van der Waals surface area (Å²) in [6.45, 7) is 0.636. The summed E-state index contributed by atoms with van der Waals surface area (Å²) in [5, 5.41) is 3.50. The molecule has 0 radical (unpaired) electrons. The molecule has 2 amide bonds. The second-order valence-corrected chi connectivity index (χ2v) is 8.49. The van der Waals surface area contributed by atoms with Crippen molar-refractivity contribution in [1.29, 1.82) is 0 Å². The minimum absolute atomic E-state index is 0.204. The normalized spacial score (nSPS) is 16.9. The molecule has 1 aromatic heterocycles. The Bertz CT molecular complexity index is 1180. The number of fused-ring (bicyclic) bond motifs is 1. The predicted octanol–water partition coefficient (Wildman–Crippen LogP) is 5.38. The van der Waals surface area contributed by atoms with Gasteiger partial charge in [-0.15, -0.1) is 0 Å². The van der Waals surface area contributed by atoms with Crippen LogP contribution in [0.1, 0.15) is 37.1 Å². The molecule has 32 heavy (non-hydrogen) atoms. The van der Waals surface area contributed by atoms with E-state index in [1.54, 1.807) is 30.2 Å². The third kappa shape index (κ3) is 4.25. The number of carbonyl (C=O) groups is 1. The first-order chi connectivity index (χ1) is 15.6. The van der Waals surface area contributed by atoms with E-state index in [4.69, 9.17) is 25.5 Å². The highest BCUT2D eigenvalue weighted by atomic mass is 35.5. The van der Waals surface area contributed by atoms with E-state index in [0.29, 0.717) is 34.3 Å². The van der Waals surface area contributed by atoms with Gasteiger partial charge in [-0.25, -0.2) is 9.78 Å². The minimum Gasteiger partial charge on any atom is -0.493 e. The molecule has 7 nitrogen and oxygen atoms in total. The number of nitrogens with one attached hydrogen (secondary N) is 1. The van der Waals surface area contributed by atoms with Gasteiger partial charge in [0.25, 0.3) is 0 Å². The number of nitrogens with zero attached hydrogens (tertiary/aromatic N) is 2. The van der Waals surface area contributed by atoms with E-state index in [-0.39, 0.29) is 18.7 Å². The Kier molecular flexibility index (Phi) is 5.66. The number of aromatic nitrogens is 1. The fourth-order valence-electron chi connectivity index (χ4n) is 4.17. The van der Waals surface area contributed by atoms with E-state index in [1.807, 2.05) is 24.4 Å². The number of hydrogen-bond donors (Lipinski definition) is 1. The van der Waals surface area contributed by atoms with Gasteiger partial charge in [-0.2, -0.15) is 0 Å². The van der Waals surface area contributed by atoms with Gasteiger partial charge in [0.05, 0.1) is 13.2 Å². The number of amides is 2. The summed E-state index contributed by atoms with van der Waals surface area (Å²) in [6, 6.07) is 10.9. The van der Waals surface area contributed by atoms with Gasteiger partial charge in [-0.1, -0.05) is 17.7 Å². The molecule has 166 valence electrons. The molecule has 1 N–H and O–H groups in total. The summed E-state index contributed by atoms with van der Waals surface area (Å²) in [5.74, 6) is 1.88. The number of benzene rings is 2. The van der Waals surface area contributed by atoms with Gasteiger partial charge in [-0.3, -0.25) is 4.90 Å². The third-order valence-electron chi connectivity index (χ3n) is 5.83. The van der Waals surface area contributed by atoms with E-state index in [2.05, 4.69) is 10.3 Å². The molecule has 1 fully saturated rings. The van der Waals surface area contributed by atoms with Gasteiger partial charge in [-0.05, 0) is 61.1 Å². The number of urea groups is 1. The zero-order valence-corrected chi connectivity index (χ0v) is 18.5. The Morgan fingerprint density at radius 1 is 1.19 bits per heavy atom. The van der Waals surface area contributed by atoms with Gasteiger partial charge in [0.1, 0.15) is 12.1 Å². The molecule has 2 aromatic carbocycles. The number of oxazole rings is 1. The van der Waals surface area contributed by atoms with Crippen LogP contribution in [0.5, 0.6) is 11.5 Å². The second-order valence-electron chi connectivity index (χ2n) is 8.05. The standard InChI is InChI=1S/C24H24ClN3O4/c1-30-20-9-6-15(10-22(20)31-18-4-2-3-5-18)16-12-26-24(29)28(13-16)14-23-27-19-8-7-17(25)11-21(19)32-23/h6-11,13,18H,2-5,12,14H2,1H3,(H,26,29). The van der Waals surface area contributed by atoms with Crippen LogP contribution in [0.3, 0.4) is 0 Å². The third-order valence-corrected chi connectivity index (χ3v) is 6.07. The molecule has 1 aliphatic carbocycles. The van der Waals surface area contributed by atoms with Crippen molar-refractivity contribution in [1.82, 2.24) is 15.2 Å². The minimum atomic E-state index is -0.204. The molecule has 5 rings (SSSR count). The molecule has 8 heteroatoms. The van der Waals surface area contributed by atoms with Crippen LogP contribution < -0.4 is 14.8 Å². The first kappa shape index (κ1) is 20.7. The lowest BCUT2D eigenvalue weighted by molar-refractivity contribution is 0.200. The summed E-state index contributed by atoms with van der Waals surface area (Å²) in [7, 11) is 1.64. The molecule has 0 atom stereocenters. The highest BCUT2D eigenvalue weighted by molar-refractivity contribution is 6.31. The SMILES string of the molecule is COc1ccc(C2=CN(Cc3nc4ccc(Cl)cc4o3)C(=O)NC2)cc1OC1CCCC1. The van der Waals surface area contributed by atoms with Crippen LogP contribution in [0.4, 0.5) is 4.79 Å². The van der Waals surface area contributed by atoms with Crippen LogP contribution >= 0.6 is 11.6 Å². The summed E-state index contributed by atoms with van der Waals surface area (Å²) >= 11 is 6.03. The van der Waals surface area contributed by atoms with Crippen molar-refractivity contribution in [3.8, 4) is 11.5 Å². The van der Waals surface area contributed by atoms with Gasteiger partial charge >= 0.3 is 6.03 Å².